The highest BCUT2D eigenvalue weighted by Crippen LogP contribution is 2.32. The fourth-order valence-electron chi connectivity index (χ4n) is 3.21. The van der Waals surface area contributed by atoms with Crippen molar-refractivity contribution in [2.45, 2.75) is 78.4 Å². The molecule has 1 aromatic carbocycles. The van der Waals surface area contributed by atoms with Gasteiger partial charge in [0.1, 0.15) is 0 Å². The maximum atomic E-state index is 5.92. The van der Waals surface area contributed by atoms with Gasteiger partial charge in [0.2, 0.25) is 0 Å². The Balaban J connectivity index is 1.92. The molecule has 0 unspecified atom stereocenters. The van der Waals surface area contributed by atoms with Gasteiger partial charge in [-0.3, -0.25) is 0 Å². The molecule has 0 aliphatic heterocycles. The summed E-state index contributed by atoms with van der Waals surface area (Å²) in [7, 11) is 0. The third kappa shape index (κ3) is 6.32. The van der Waals surface area contributed by atoms with Crippen LogP contribution in [0.25, 0.3) is 0 Å². The number of nitrogens with one attached hydrogen (secondary N) is 1. The van der Waals surface area contributed by atoms with Gasteiger partial charge in [-0.05, 0) is 52.2 Å². The number of ether oxygens (including phenoxy) is 2. The molecule has 0 heterocycles. The van der Waals surface area contributed by atoms with Crippen LogP contribution >= 0.6 is 0 Å². The van der Waals surface area contributed by atoms with Crippen LogP contribution in [0.3, 0.4) is 0 Å². The topological polar surface area (TPSA) is 30.5 Å². The Morgan fingerprint density at radius 3 is 2.26 bits per heavy atom. The van der Waals surface area contributed by atoms with Crippen LogP contribution in [-0.4, -0.2) is 18.8 Å². The van der Waals surface area contributed by atoms with Crippen LogP contribution < -0.4 is 14.8 Å². The molecular weight excluding hydrogens is 286 g/mol. The van der Waals surface area contributed by atoms with Gasteiger partial charge in [-0.25, -0.2) is 0 Å². The molecule has 0 radical (unpaired) electrons. The van der Waals surface area contributed by atoms with Crippen molar-refractivity contribution in [3.05, 3.63) is 18.2 Å². The van der Waals surface area contributed by atoms with Gasteiger partial charge in [-0.1, -0.05) is 32.1 Å². The first-order chi connectivity index (χ1) is 11.0. The van der Waals surface area contributed by atoms with Crippen LogP contribution in [0.15, 0.2) is 18.2 Å². The number of hydrogen-bond acceptors (Lipinski definition) is 3. The Kier molecular flexibility index (Phi) is 7.07. The van der Waals surface area contributed by atoms with Crippen LogP contribution in [0.5, 0.6) is 11.5 Å². The van der Waals surface area contributed by atoms with E-state index in [1.165, 1.54) is 38.5 Å². The molecule has 3 nitrogen and oxygen atoms in total. The lowest BCUT2D eigenvalue weighted by atomic mass is 9.87. The molecule has 1 aliphatic carbocycles. The first kappa shape index (κ1) is 18.0. The fraction of sp³-hybridized carbons (Fsp3) is 0.700. The molecule has 1 fully saturated rings. The van der Waals surface area contributed by atoms with Crippen LogP contribution in [0.2, 0.25) is 0 Å². The standard InChI is InChI=1S/C20H33NO2/c1-15(2)22-19-11-10-18(14-20(19)23-16(3)4)21-13-12-17-8-6-5-7-9-17/h10-11,14-17,21H,5-9,12-13H2,1-4H3. The second-order valence-electron chi connectivity index (χ2n) is 7.21. The molecular formula is C20H33NO2. The van der Waals surface area contributed by atoms with Crippen molar-refractivity contribution in [1.29, 1.82) is 0 Å². The second kappa shape index (κ2) is 9.05. The van der Waals surface area contributed by atoms with Gasteiger partial charge in [0, 0.05) is 18.3 Å². The molecule has 3 heteroatoms. The van der Waals surface area contributed by atoms with E-state index in [0.717, 1.165) is 29.6 Å². The van der Waals surface area contributed by atoms with Crippen molar-refractivity contribution in [3.63, 3.8) is 0 Å². The van der Waals surface area contributed by atoms with E-state index >= 15 is 0 Å². The highest BCUT2D eigenvalue weighted by atomic mass is 16.5. The molecule has 0 saturated heterocycles. The third-order valence-electron chi connectivity index (χ3n) is 4.28. The number of rotatable bonds is 8. The first-order valence-corrected chi connectivity index (χ1v) is 9.26. The SMILES string of the molecule is CC(C)Oc1ccc(NCCC2CCCCC2)cc1OC(C)C. The molecule has 0 spiro atoms. The van der Waals surface area contributed by atoms with E-state index in [1.807, 2.05) is 33.8 Å². The minimum absolute atomic E-state index is 0.141. The van der Waals surface area contributed by atoms with Gasteiger partial charge in [-0.2, -0.15) is 0 Å². The third-order valence-corrected chi connectivity index (χ3v) is 4.28. The summed E-state index contributed by atoms with van der Waals surface area (Å²) in [5, 5.41) is 3.55. The van der Waals surface area contributed by atoms with E-state index in [-0.39, 0.29) is 12.2 Å². The van der Waals surface area contributed by atoms with Crippen molar-refractivity contribution < 1.29 is 9.47 Å². The summed E-state index contributed by atoms with van der Waals surface area (Å²) < 4.78 is 11.8. The average Bonchev–Trinajstić information content (AvgIpc) is 2.50. The minimum atomic E-state index is 0.141. The summed E-state index contributed by atoms with van der Waals surface area (Å²) in [4.78, 5) is 0. The molecule has 0 aromatic heterocycles. The van der Waals surface area contributed by atoms with Gasteiger partial charge in [0.15, 0.2) is 11.5 Å². The molecule has 1 aromatic rings. The summed E-state index contributed by atoms with van der Waals surface area (Å²) in [6.45, 7) is 9.20. The van der Waals surface area contributed by atoms with Crippen molar-refractivity contribution in [1.82, 2.24) is 0 Å². The Morgan fingerprint density at radius 2 is 1.61 bits per heavy atom. The molecule has 1 aliphatic rings. The van der Waals surface area contributed by atoms with E-state index in [9.17, 15) is 0 Å². The second-order valence-corrected chi connectivity index (χ2v) is 7.21. The van der Waals surface area contributed by atoms with Crippen LogP contribution in [0, 0.1) is 5.92 Å². The summed E-state index contributed by atoms with van der Waals surface area (Å²) in [6.07, 6.45) is 8.63. The maximum Gasteiger partial charge on any atom is 0.163 e. The highest BCUT2D eigenvalue weighted by molar-refractivity contribution is 5.54. The predicted molar refractivity (Wildman–Crippen MR) is 97.7 cm³/mol. The quantitative estimate of drug-likeness (QED) is 0.672. The molecule has 1 saturated carbocycles. The number of anilines is 1. The van der Waals surface area contributed by atoms with Crippen molar-refractivity contribution in [3.8, 4) is 11.5 Å². The zero-order valence-corrected chi connectivity index (χ0v) is 15.2. The van der Waals surface area contributed by atoms with Crippen LogP contribution in [0.4, 0.5) is 5.69 Å². The lowest BCUT2D eigenvalue weighted by Gasteiger charge is -2.22. The predicted octanol–water partition coefficient (Wildman–Crippen LogP) is 5.64. The number of benzene rings is 1. The molecule has 2 rings (SSSR count). The van der Waals surface area contributed by atoms with Crippen LogP contribution in [-0.2, 0) is 0 Å². The first-order valence-electron chi connectivity index (χ1n) is 9.26. The summed E-state index contributed by atoms with van der Waals surface area (Å²) in [5.41, 5.74) is 1.12. The van der Waals surface area contributed by atoms with E-state index in [1.54, 1.807) is 0 Å². The van der Waals surface area contributed by atoms with Gasteiger partial charge < -0.3 is 14.8 Å². The summed E-state index contributed by atoms with van der Waals surface area (Å²) in [5.74, 6) is 2.56. The minimum Gasteiger partial charge on any atom is -0.487 e. The van der Waals surface area contributed by atoms with Crippen LogP contribution in [0.1, 0.15) is 66.2 Å². The lowest BCUT2D eigenvalue weighted by molar-refractivity contribution is 0.199. The summed E-state index contributed by atoms with van der Waals surface area (Å²) in [6, 6.07) is 6.17. The average molecular weight is 319 g/mol. The molecule has 1 N–H and O–H groups in total. The smallest absolute Gasteiger partial charge is 0.163 e. The Labute approximate surface area is 141 Å². The summed E-state index contributed by atoms with van der Waals surface area (Å²) >= 11 is 0. The monoisotopic (exact) mass is 319 g/mol. The van der Waals surface area contributed by atoms with Gasteiger partial charge >= 0.3 is 0 Å². The van der Waals surface area contributed by atoms with Crippen molar-refractivity contribution in [2.75, 3.05) is 11.9 Å². The largest absolute Gasteiger partial charge is 0.487 e. The zero-order valence-electron chi connectivity index (χ0n) is 15.2. The Hall–Kier alpha value is -1.38. The lowest BCUT2D eigenvalue weighted by Crippen LogP contribution is -2.13. The molecule has 0 bridgehead atoms. The van der Waals surface area contributed by atoms with Gasteiger partial charge in [0.25, 0.3) is 0 Å². The fourth-order valence-corrected chi connectivity index (χ4v) is 3.21. The van der Waals surface area contributed by atoms with Crippen molar-refractivity contribution >= 4 is 5.69 Å². The molecule has 23 heavy (non-hydrogen) atoms. The van der Waals surface area contributed by atoms with Crippen molar-refractivity contribution in [2.24, 2.45) is 5.92 Å². The van der Waals surface area contributed by atoms with Gasteiger partial charge in [-0.15, -0.1) is 0 Å². The highest BCUT2D eigenvalue weighted by Gasteiger charge is 2.13. The van der Waals surface area contributed by atoms with E-state index < -0.39 is 0 Å². The van der Waals surface area contributed by atoms with Gasteiger partial charge in [0.05, 0.1) is 12.2 Å². The molecule has 0 amide bonds. The molecule has 0 atom stereocenters. The Bertz CT molecular complexity index is 465. The maximum absolute atomic E-state index is 5.92. The zero-order chi connectivity index (χ0) is 16.7. The molecule has 130 valence electrons. The normalized spacial score (nSPS) is 15.9. The van der Waals surface area contributed by atoms with E-state index in [4.69, 9.17) is 9.47 Å². The Morgan fingerprint density at radius 1 is 0.957 bits per heavy atom. The van der Waals surface area contributed by atoms with E-state index in [0.29, 0.717) is 0 Å². The van der Waals surface area contributed by atoms with E-state index in [2.05, 4.69) is 17.4 Å². The number of hydrogen-bond donors (Lipinski definition) is 1.